The average molecular weight is 529 g/mol. The van der Waals surface area contributed by atoms with E-state index in [9.17, 15) is 0 Å². The number of nitrogens with one attached hydrogen (secondary N) is 2. The number of nitrogens with zero attached hydrogens (tertiary/aromatic N) is 1. The summed E-state index contributed by atoms with van der Waals surface area (Å²) in [4.78, 5) is 4.66. The Morgan fingerprint density at radius 1 is 0.900 bits per heavy atom. The molecule has 0 aliphatic heterocycles. The van der Waals surface area contributed by atoms with Gasteiger partial charge in [-0.3, -0.25) is 0 Å². The first-order chi connectivity index (χ1) is 14.2. The molecule has 0 unspecified atom stereocenters. The van der Waals surface area contributed by atoms with E-state index in [0.717, 1.165) is 36.8 Å². The molecule has 2 aromatic rings. The molecule has 0 bridgehead atoms. The Morgan fingerprint density at radius 3 is 2.20 bits per heavy atom. The Bertz CT molecular complexity index is 772. The van der Waals surface area contributed by atoms with Crippen LogP contribution in [-0.4, -0.2) is 47.0 Å². The molecule has 0 saturated carbocycles. The Kier molecular flexibility index (Phi) is 12.5. The Labute approximate surface area is 196 Å². The van der Waals surface area contributed by atoms with Gasteiger partial charge in [-0.1, -0.05) is 18.2 Å². The van der Waals surface area contributed by atoms with Crippen molar-refractivity contribution in [1.29, 1.82) is 0 Å². The van der Waals surface area contributed by atoms with Crippen LogP contribution in [0.15, 0.2) is 47.5 Å². The van der Waals surface area contributed by atoms with Crippen LogP contribution >= 0.6 is 24.0 Å². The highest BCUT2D eigenvalue weighted by molar-refractivity contribution is 14.0. The molecule has 0 heterocycles. The smallest absolute Gasteiger partial charge is 0.191 e. The molecule has 0 atom stereocenters. The van der Waals surface area contributed by atoms with Crippen molar-refractivity contribution in [3.63, 3.8) is 0 Å². The van der Waals surface area contributed by atoms with E-state index in [1.54, 1.807) is 21.3 Å². The fourth-order valence-electron chi connectivity index (χ4n) is 2.71. The molecule has 0 fully saturated rings. The molecule has 0 amide bonds. The van der Waals surface area contributed by atoms with E-state index < -0.39 is 0 Å². The molecule has 0 radical (unpaired) electrons. The molecule has 2 rings (SSSR count). The van der Waals surface area contributed by atoms with Crippen molar-refractivity contribution in [2.75, 3.05) is 41.0 Å². The van der Waals surface area contributed by atoms with Gasteiger partial charge in [-0.05, 0) is 31.5 Å². The number of para-hydroxylation sites is 1. The lowest BCUT2D eigenvalue weighted by atomic mass is 10.1. The van der Waals surface area contributed by atoms with Gasteiger partial charge < -0.3 is 29.6 Å². The summed E-state index contributed by atoms with van der Waals surface area (Å²) in [6.07, 6.45) is 0.860. The first-order valence-corrected chi connectivity index (χ1v) is 9.70. The van der Waals surface area contributed by atoms with Gasteiger partial charge >= 0.3 is 0 Å². The number of hydrogen-bond donors (Lipinski definition) is 2. The summed E-state index contributed by atoms with van der Waals surface area (Å²) in [5.74, 6) is 3.60. The second kappa shape index (κ2) is 14.6. The second-order valence-corrected chi connectivity index (χ2v) is 6.16. The molecule has 0 saturated heterocycles. The maximum atomic E-state index is 5.71. The lowest BCUT2D eigenvalue weighted by molar-refractivity contribution is 0.311. The number of aliphatic imine (C=N–C) groups is 1. The van der Waals surface area contributed by atoms with Crippen LogP contribution < -0.4 is 29.6 Å². The van der Waals surface area contributed by atoms with Crippen LogP contribution in [0.3, 0.4) is 0 Å². The predicted octanol–water partition coefficient (Wildman–Crippen LogP) is 3.85. The molecule has 2 aromatic carbocycles. The van der Waals surface area contributed by atoms with Gasteiger partial charge in [0.05, 0.1) is 34.5 Å². The van der Waals surface area contributed by atoms with E-state index in [4.69, 9.17) is 18.9 Å². The van der Waals surface area contributed by atoms with Gasteiger partial charge in [0.15, 0.2) is 17.5 Å². The molecule has 8 heteroatoms. The molecule has 0 spiro atoms. The molecular formula is C22H32IN3O4. The zero-order chi connectivity index (χ0) is 20.9. The standard InChI is InChI=1S/C22H31N3O4.HI/c1-5-23-22(24-12-9-13-29-18-10-7-6-8-11-18)25-16-17-14-20(27-3)21(28-4)15-19(17)26-2;/h6-8,10-11,14-15H,5,9,12-13,16H2,1-4H3,(H2,23,24,25);1H. The van der Waals surface area contributed by atoms with Gasteiger partial charge in [-0.2, -0.15) is 0 Å². The SMILES string of the molecule is CCNC(=NCc1cc(OC)c(OC)cc1OC)NCCCOc1ccccc1.I. The molecular weight excluding hydrogens is 497 g/mol. The van der Waals surface area contributed by atoms with Gasteiger partial charge in [0, 0.05) is 24.7 Å². The minimum absolute atomic E-state index is 0. The van der Waals surface area contributed by atoms with Gasteiger partial charge in [0.1, 0.15) is 11.5 Å². The van der Waals surface area contributed by atoms with E-state index in [-0.39, 0.29) is 24.0 Å². The van der Waals surface area contributed by atoms with Crippen LogP contribution in [0, 0.1) is 0 Å². The molecule has 0 aliphatic rings. The van der Waals surface area contributed by atoms with Crippen LogP contribution in [-0.2, 0) is 6.54 Å². The minimum atomic E-state index is 0. The average Bonchev–Trinajstić information content (AvgIpc) is 2.77. The largest absolute Gasteiger partial charge is 0.496 e. The Morgan fingerprint density at radius 2 is 1.57 bits per heavy atom. The minimum Gasteiger partial charge on any atom is -0.496 e. The normalized spacial score (nSPS) is 10.6. The number of benzene rings is 2. The predicted molar refractivity (Wildman–Crippen MR) is 131 cm³/mol. The summed E-state index contributed by atoms with van der Waals surface area (Å²) in [5, 5.41) is 6.58. The first kappa shape index (κ1) is 25.7. The molecule has 2 N–H and O–H groups in total. The van der Waals surface area contributed by atoms with Crippen molar-refractivity contribution < 1.29 is 18.9 Å². The van der Waals surface area contributed by atoms with Crippen molar-refractivity contribution in [2.24, 2.45) is 4.99 Å². The molecule has 0 aliphatic carbocycles. The summed E-state index contributed by atoms with van der Waals surface area (Å²) in [5.41, 5.74) is 0.912. The topological polar surface area (TPSA) is 73.3 Å². The highest BCUT2D eigenvalue weighted by atomic mass is 127. The van der Waals surface area contributed by atoms with Gasteiger partial charge in [0.25, 0.3) is 0 Å². The quantitative estimate of drug-likeness (QED) is 0.200. The lowest BCUT2D eigenvalue weighted by Crippen LogP contribution is -2.38. The van der Waals surface area contributed by atoms with Gasteiger partial charge in [-0.15, -0.1) is 24.0 Å². The van der Waals surface area contributed by atoms with Crippen molar-refractivity contribution in [1.82, 2.24) is 10.6 Å². The molecule has 166 valence electrons. The zero-order valence-electron chi connectivity index (χ0n) is 18.1. The van der Waals surface area contributed by atoms with Crippen molar-refractivity contribution >= 4 is 29.9 Å². The van der Waals surface area contributed by atoms with Crippen LogP contribution in [0.5, 0.6) is 23.0 Å². The van der Waals surface area contributed by atoms with Crippen molar-refractivity contribution in [2.45, 2.75) is 19.9 Å². The van der Waals surface area contributed by atoms with Crippen LogP contribution in [0.4, 0.5) is 0 Å². The maximum Gasteiger partial charge on any atom is 0.191 e. The number of methoxy groups -OCH3 is 3. The van der Waals surface area contributed by atoms with E-state index in [0.29, 0.717) is 30.4 Å². The van der Waals surface area contributed by atoms with Crippen LogP contribution in [0.25, 0.3) is 0 Å². The summed E-state index contributed by atoms with van der Waals surface area (Å²) >= 11 is 0. The van der Waals surface area contributed by atoms with E-state index >= 15 is 0 Å². The highest BCUT2D eigenvalue weighted by Gasteiger charge is 2.11. The van der Waals surface area contributed by atoms with E-state index in [2.05, 4.69) is 15.6 Å². The summed E-state index contributed by atoms with van der Waals surface area (Å²) in [6.45, 7) is 4.64. The number of guanidine groups is 1. The zero-order valence-corrected chi connectivity index (χ0v) is 20.4. The third kappa shape index (κ3) is 8.17. The lowest BCUT2D eigenvalue weighted by Gasteiger charge is -2.14. The Balaban J connectivity index is 0.00000450. The second-order valence-electron chi connectivity index (χ2n) is 6.16. The summed E-state index contributed by atoms with van der Waals surface area (Å²) in [6, 6.07) is 13.5. The summed E-state index contributed by atoms with van der Waals surface area (Å²) < 4.78 is 21.9. The van der Waals surface area contributed by atoms with E-state index in [1.165, 1.54) is 0 Å². The molecule has 0 aromatic heterocycles. The number of ether oxygens (including phenoxy) is 4. The number of hydrogen-bond acceptors (Lipinski definition) is 5. The maximum absolute atomic E-state index is 5.71. The fraction of sp³-hybridized carbons (Fsp3) is 0.409. The third-order valence-corrected chi connectivity index (χ3v) is 4.16. The van der Waals surface area contributed by atoms with E-state index in [1.807, 2.05) is 49.4 Å². The van der Waals surface area contributed by atoms with Crippen LogP contribution in [0.2, 0.25) is 0 Å². The van der Waals surface area contributed by atoms with Crippen molar-refractivity contribution in [3.8, 4) is 23.0 Å². The van der Waals surface area contributed by atoms with Crippen LogP contribution in [0.1, 0.15) is 18.9 Å². The van der Waals surface area contributed by atoms with Gasteiger partial charge in [-0.25, -0.2) is 4.99 Å². The molecule has 7 nitrogen and oxygen atoms in total. The van der Waals surface area contributed by atoms with Crippen molar-refractivity contribution in [3.05, 3.63) is 48.0 Å². The highest BCUT2D eigenvalue weighted by Crippen LogP contribution is 2.34. The molecule has 30 heavy (non-hydrogen) atoms. The number of rotatable bonds is 11. The summed E-state index contributed by atoms with van der Waals surface area (Å²) in [7, 11) is 4.84. The first-order valence-electron chi connectivity index (χ1n) is 9.70. The third-order valence-electron chi connectivity index (χ3n) is 4.16. The number of halogens is 1. The monoisotopic (exact) mass is 529 g/mol. The fourth-order valence-corrected chi connectivity index (χ4v) is 2.71. The van der Waals surface area contributed by atoms with Gasteiger partial charge in [0.2, 0.25) is 0 Å². The Hall–Kier alpha value is -2.36.